The summed E-state index contributed by atoms with van der Waals surface area (Å²) >= 11 is 1.74. The molecule has 3 aromatic heterocycles. The third kappa shape index (κ3) is 3.69. The lowest BCUT2D eigenvalue weighted by atomic mass is 9.90. The fraction of sp³-hybridized carbons (Fsp3) is 0. The number of pyridine rings is 1. The first-order valence-corrected chi connectivity index (χ1v) is 16.2. The van der Waals surface area contributed by atoms with Crippen LogP contribution >= 0.6 is 11.3 Å². The molecular formula is C41H24N4S. The average Bonchev–Trinajstić information content (AvgIpc) is 3.50. The normalized spacial score (nSPS) is 12.3. The topological polar surface area (TPSA) is 41.9 Å². The number of aromatic nitrogens is 3. The summed E-state index contributed by atoms with van der Waals surface area (Å²) in [6.07, 6.45) is 3.65. The highest BCUT2D eigenvalue weighted by atomic mass is 32.1. The Kier molecular flexibility index (Phi) is 5.41. The molecule has 1 aliphatic heterocycles. The van der Waals surface area contributed by atoms with E-state index in [1.165, 1.54) is 43.4 Å². The van der Waals surface area contributed by atoms with E-state index in [-0.39, 0.29) is 0 Å². The molecule has 214 valence electrons. The van der Waals surface area contributed by atoms with Gasteiger partial charge in [-0.2, -0.15) is 0 Å². The molecule has 4 nitrogen and oxygen atoms in total. The second-order valence-electron chi connectivity index (χ2n) is 11.7. The van der Waals surface area contributed by atoms with Crippen LogP contribution in [0.3, 0.4) is 0 Å². The number of fused-ring (bicyclic) bond motifs is 6. The minimum absolute atomic E-state index is 0.720. The largest absolute Gasteiger partial charge is 0.309 e. The first-order valence-electron chi connectivity index (χ1n) is 15.4. The maximum atomic E-state index is 5.20. The fourth-order valence-corrected chi connectivity index (χ4v) is 8.20. The van der Waals surface area contributed by atoms with Crippen molar-refractivity contribution in [3.8, 4) is 33.8 Å². The fourth-order valence-electron chi connectivity index (χ4n) is 7.04. The number of benzene rings is 6. The third-order valence-corrected chi connectivity index (χ3v) is 10.3. The van der Waals surface area contributed by atoms with Gasteiger partial charge in [-0.05, 0) is 58.8 Å². The van der Waals surface area contributed by atoms with Gasteiger partial charge in [0.2, 0.25) is 0 Å². The predicted octanol–water partition coefficient (Wildman–Crippen LogP) is 11.3. The zero-order valence-electron chi connectivity index (χ0n) is 24.6. The highest BCUT2D eigenvalue weighted by Gasteiger charge is 2.26. The van der Waals surface area contributed by atoms with E-state index < -0.39 is 0 Å². The summed E-state index contributed by atoms with van der Waals surface area (Å²) < 4.78 is 2.30. The SMILES string of the molecule is c1ccc2c(c1)-c1cccc3cccc(c13)N2c1cccc2cc(-c3nc(-c4ccncc4)c4sc5ccccc5c4n3)ccc12. The average molecular weight is 605 g/mol. The molecule has 0 bridgehead atoms. The van der Waals surface area contributed by atoms with Crippen molar-refractivity contribution in [3.63, 3.8) is 0 Å². The van der Waals surface area contributed by atoms with E-state index in [1.54, 1.807) is 11.3 Å². The van der Waals surface area contributed by atoms with Crippen molar-refractivity contribution in [2.75, 3.05) is 4.90 Å². The molecule has 0 fully saturated rings. The van der Waals surface area contributed by atoms with Crippen LogP contribution in [-0.2, 0) is 0 Å². The molecule has 0 N–H and O–H groups in total. The Bertz CT molecular complexity index is 2650. The number of rotatable bonds is 3. The van der Waals surface area contributed by atoms with Crippen LogP contribution in [0, 0.1) is 0 Å². The third-order valence-electron chi connectivity index (χ3n) is 9.09. The van der Waals surface area contributed by atoms with Crippen LogP contribution in [0.25, 0.3) is 75.6 Å². The van der Waals surface area contributed by atoms with Crippen LogP contribution in [0.15, 0.2) is 146 Å². The lowest BCUT2D eigenvalue weighted by molar-refractivity contribution is 1.23. The Labute approximate surface area is 268 Å². The Balaban J connectivity index is 1.19. The van der Waals surface area contributed by atoms with E-state index >= 15 is 0 Å². The Hall–Kier alpha value is -5.91. The number of anilines is 3. The van der Waals surface area contributed by atoms with Gasteiger partial charge < -0.3 is 4.90 Å². The summed E-state index contributed by atoms with van der Waals surface area (Å²) in [6.45, 7) is 0. The van der Waals surface area contributed by atoms with Crippen molar-refractivity contribution < 1.29 is 0 Å². The van der Waals surface area contributed by atoms with Crippen molar-refractivity contribution in [2.24, 2.45) is 0 Å². The molecule has 0 spiro atoms. The van der Waals surface area contributed by atoms with Gasteiger partial charge in [0.15, 0.2) is 5.82 Å². The summed E-state index contributed by atoms with van der Waals surface area (Å²) in [5, 5.41) is 6.00. The van der Waals surface area contributed by atoms with Gasteiger partial charge in [0, 0.05) is 49.9 Å². The first kappa shape index (κ1) is 25.4. The second kappa shape index (κ2) is 9.80. The standard InChI is InChI=1S/C41H24N4S/c1-3-14-34-30(11-1)31-13-5-8-25-9-6-16-35(37(25)31)45(34)33-15-7-10-27-24-28(18-19-29(27)33)41-43-38(26-20-22-42-23-21-26)40-39(44-41)32-12-2-4-17-36(32)46-40/h1-24H. The van der Waals surface area contributed by atoms with Gasteiger partial charge in [0.25, 0.3) is 0 Å². The molecule has 0 amide bonds. The molecular weight excluding hydrogens is 581 g/mol. The van der Waals surface area contributed by atoms with E-state index in [9.17, 15) is 0 Å². The summed E-state index contributed by atoms with van der Waals surface area (Å²) in [7, 11) is 0. The molecule has 6 aromatic carbocycles. The molecule has 1 aliphatic rings. The minimum Gasteiger partial charge on any atom is -0.309 e. The zero-order chi connectivity index (χ0) is 30.2. The maximum absolute atomic E-state index is 5.20. The van der Waals surface area contributed by atoms with Crippen molar-refractivity contribution in [2.45, 2.75) is 0 Å². The molecule has 0 atom stereocenters. The number of para-hydroxylation sites is 1. The van der Waals surface area contributed by atoms with Crippen LogP contribution < -0.4 is 4.90 Å². The van der Waals surface area contributed by atoms with Crippen molar-refractivity contribution >= 4 is 70.2 Å². The zero-order valence-corrected chi connectivity index (χ0v) is 25.4. The molecule has 46 heavy (non-hydrogen) atoms. The van der Waals surface area contributed by atoms with Crippen LogP contribution in [0.1, 0.15) is 0 Å². The van der Waals surface area contributed by atoms with Crippen LogP contribution in [-0.4, -0.2) is 15.0 Å². The van der Waals surface area contributed by atoms with Gasteiger partial charge in [-0.1, -0.05) is 91.0 Å². The summed E-state index contributed by atoms with van der Waals surface area (Å²) in [4.78, 5) is 17.1. The van der Waals surface area contributed by atoms with E-state index in [4.69, 9.17) is 9.97 Å². The van der Waals surface area contributed by atoms with Crippen LogP contribution in [0.4, 0.5) is 17.1 Å². The van der Waals surface area contributed by atoms with Gasteiger partial charge in [-0.15, -0.1) is 11.3 Å². The number of nitrogens with zero attached hydrogens (tertiary/aromatic N) is 4. The summed E-state index contributed by atoms with van der Waals surface area (Å²) in [6, 6.07) is 47.7. The molecule has 0 saturated heterocycles. The van der Waals surface area contributed by atoms with E-state index in [0.717, 1.165) is 49.3 Å². The van der Waals surface area contributed by atoms with Gasteiger partial charge in [0.1, 0.15) is 0 Å². The summed E-state index contributed by atoms with van der Waals surface area (Å²) in [5.74, 6) is 0.720. The number of thiophene rings is 1. The Morgan fingerprint density at radius 1 is 0.522 bits per heavy atom. The molecule has 0 radical (unpaired) electrons. The molecule has 9 aromatic rings. The molecule has 0 saturated carbocycles. The van der Waals surface area contributed by atoms with E-state index in [0.29, 0.717) is 0 Å². The number of hydrogen-bond acceptors (Lipinski definition) is 5. The Morgan fingerprint density at radius 3 is 2.17 bits per heavy atom. The van der Waals surface area contributed by atoms with E-state index in [1.807, 2.05) is 24.5 Å². The molecule has 0 aliphatic carbocycles. The highest BCUT2D eigenvalue weighted by Crippen LogP contribution is 2.52. The molecule has 0 unspecified atom stereocenters. The van der Waals surface area contributed by atoms with Crippen LogP contribution in [0.2, 0.25) is 0 Å². The van der Waals surface area contributed by atoms with Crippen molar-refractivity contribution in [3.05, 3.63) is 146 Å². The van der Waals surface area contributed by atoms with Gasteiger partial charge in [-0.3, -0.25) is 4.98 Å². The predicted molar refractivity (Wildman–Crippen MR) is 192 cm³/mol. The minimum atomic E-state index is 0.720. The lowest BCUT2D eigenvalue weighted by Crippen LogP contribution is -2.15. The van der Waals surface area contributed by atoms with Crippen molar-refractivity contribution in [1.82, 2.24) is 15.0 Å². The van der Waals surface area contributed by atoms with Crippen LogP contribution in [0.5, 0.6) is 0 Å². The highest BCUT2D eigenvalue weighted by molar-refractivity contribution is 7.26. The van der Waals surface area contributed by atoms with Crippen molar-refractivity contribution in [1.29, 1.82) is 0 Å². The van der Waals surface area contributed by atoms with Gasteiger partial charge in [-0.25, -0.2) is 9.97 Å². The number of hydrogen-bond donors (Lipinski definition) is 0. The van der Waals surface area contributed by atoms with Gasteiger partial charge in [0.05, 0.1) is 33.0 Å². The summed E-state index contributed by atoms with van der Waals surface area (Å²) in [5.41, 5.74) is 10.0. The molecule has 4 heterocycles. The molecule has 5 heteroatoms. The van der Waals surface area contributed by atoms with E-state index in [2.05, 4.69) is 131 Å². The molecule has 10 rings (SSSR count). The lowest BCUT2D eigenvalue weighted by Gasteiger charge is -2.34. The smallest absolute Gasteiger partial charge is 0.160 e. The van der Waals surface area contributed by atoms with Gasteiger partial charge >= 0.3 is 0 Å². The quantitative estimate of drug-likeness (QED) is 0.201. The maximum Gasteiger partial charge on any atom is 0.160 e. The monoisotopic (exact) mass is 604 g/mol. The Morgan fingerprint density at radius 2 is 1.26 bits per heavy atom. The first-order chi connectivity index (χ1) is 22.8. The second-order valence-corrected chi connectivity index (χ2v) is 12.7.